The second-order valence-corrected chi connectivity index (χ2v) is 7.68. The van der Waals surface area contributed by atoms with E-state index >= 15 is 0 Å². The maximum absolute atomic E-state index is 13.5. The van der Waals surface area contributed by atoms with Crippen LogP contribution in [-0.4, -0.2) is 19.8 Å². The molecule has 0 aromatic heterocycles. The summed E-state index contributed by atoms with van der Waals surface area (Å²) >= 11 is 14.6. The van der Waals surface area contributed by atoms with E-state index in [4.69, 9.17) is 23.2 Å². The molecule has 0 heterocycles. The molecule has 0 bridgehead atoms. The molecule has 3 nitrogen and oxygen atoms in total. The maximum atomic E-state index is 13.5. The fraction of sp³-hybridized carbons (Fsp3) is 0.455. The highest BCUT2D eigenvalue weighted by molar-refractivity contribution is 9.09. The molecule has 1 rings (SSSR count). The van der Waals surface area contributed by atoms with Gasteiger partial charge in [-0.25, -0.2) is 17.5 Å². The summed E-state index contributed by atoms with van der Waals surface area (Å²) in [7, 11) is -3.84. The van der Waals surface area contributed by atoms with Crippen molar-refractivity contribution in [3.8, 4) is 0 Å². The number of hydrogen-bond acceptors (Lipinski definition) is 2. The van der Waals surface area contributed by atoms with E-state index in [1.54, 1.807) is 0 Å². The summed E-state index contributed by atoms with van der Waals surface area (Å²) in [6.45, 7) is 2.23. The number of alkyl halides is 1. The molecule has 1 atom stereocenters. The van der Waals surface area contributed by atoms with Gasteiger partial charge in [-0.15, -0.1) is 0 Å². The zero-order valence-corrected chi connectivity index (χ0v) is 14.0. The zero-order valence-electron chi connectivity index (χ0n) is 10.1. The first-order valence-corrected chi connectivity index (χ1v) is 8.72. The van der Waals surface area contributed by atoms with Crippen LogP contribution in [0, 0.1) is 5.82 Å². The molecule has 0 saturated heterocycles. The molecular weight excluding hydrogens is 380 g/mol. The lowest BCUT2D eigenvalue weighted by atomic mass is 10.2. The highest BCUT2D eigenvalue weighted by Gasteiger charge is 2.21. The Morgan fingerprint density at radius 3 is 2.63 bits per heavy atom. The van der Waals surface area contributed by atoms with E-state index in [0.29, 0.717) is 6.42 Å². The molecule has 1 aromatic carbocycles. The van der Waals surface area contributed by atoms with Crippen LogP contribution in [0.15, 0.2) is 17.0 Å². The molecule has 108 valence electrons. The van der Waals surface area contributed by atoms with Gasteiger partial charge in [-0.1, -0.05) is 46.1 Å². The van der Waals surface area contributed by atoms with Gasteiger partial charge < -0.3 is 0 Å². The lowest BCUT2D eigenvalue weighted by Gasteiger charge is -2.11. The van der Waals surface area contributed by atoms with Crippen molar-refractivity contribution in [3.63, 3.8) is 0 Å². The highest BCUT2D eigenvalue weighted by Crippen LogP contribution is 2.29. The summed E-state index contributed by atoms with van der Waals surface area (Å²) < 4.78 is 39.8. The minimum Gasteiger partial charge on any atom is -0.211 e. The molecule has 0 aliphatic heterocycles. The van der Waals surface area contributed by atoms with Crippen LogP contribution >= 0.6 is 39.1 Å². The Bertz CT molecular complexity index is 554. The van der Waals surface area contributed by atoms with E-state index in [1.807, 2.05) is 6.92 Å². The molecule has 0 aliphatic carbocycles. The van der Waals surface area contributed by atoms with E-state index in [0.717, 1.165) is 12.5 Å². The molecule has 19 heavy (non-hydrogen) atoms. The predicted octanol–water partition coefficient (Wildman–Crippen LogP) is 3.97. The van der Waals surface area contributed by atoms with Gasteiger partial charge in [-0.3, -0.25) is 0 Å². The second kappa shape index (κ2) is 7.22. The van der Waals surface area contributed by atoms with Gasteiger partial charge in [0.05, 0.1) is 10.0 Å². The molecule has 0 radical (unpaired) electrons. The molecule has 1 aromatic rings. The van der Waals surface area contributed by atoms with Gasteiger partial charge in [0.2, 0.25) is 10.0 Å². The SMILES string of the molecule is CCC(Br)CCNS(=O)(=O)c1ccc(Cl)c(F)c1Cl. The fourth-order valence-corrected chi connectivity index (χ4v) is 3.37. The highest BCUT2D eigenvalue weighted by atomic mass is 79.9. The summed E-state index contributed by atoms with van der Waals surface area (Å²) in [5, 5.41) is -0.707. The van der Waals surface area contributed by atoms with Crippen molar-refractivity contribution >= 4 is 49.2 Å². The molecule has 0 saturated carbocycles. The summed E-state index contributed by atoms with van der Waals surface area (Å²) in [5.74, 6) is -0.932. The van der Waals surface area contributed by atoms with E-state index in [9.17, 15) is 12.8 Å². The Balaban J connectivity index is 2.87. The smallest absolute Gasteiger partial charge is 0.211 e. The fourth-order valence-electron chi connectivity index (χ4n) is 1.35. The van der Waals surface area contributed by atoms with Gasteiger partial charge >= 0.3 is 0 Å². The molecule has 1 unspecified atom stereocenters. The van der Waals surface area contributed by atoms with Crippen LogP contribution in [0.5, 0.6) is 0 Å². The topological polar surface area (TPSA) is 46.2 Å². The van der Waals surface area contributed by atoms with Gasteiger partial charge in [-0.2, -0.15) is 0 Å². The number of nitrogens with one attached hydrogen (secondary N) is 1. The third-order valence-corrected chi connectivity index (χ3v) is 5.86. The Morgan fingerprint density at radius 1 is 1.42 bits per heavy atom. The Labute approximate surface area is 130 Å². The van der Waals surface area contributed by atoms with Crippen LogP contribution in [0.4, 0.5) is 4.39 Å². The summed E-state index contributed by atoms with van der Waals surface area (Å²) in [6, 6.07) is 2.35. The second-order valence-electron chi connectivity index (χ2n) is 3.87. The van der Waals surface area contributed by atoms with Crippen molar-refractivity contribution in [3.05, 3.63) is 28.0 Å². The van der Waals surface area contributed by atoms with Crippen molar-refractivity contribution < 1.29 is 12.8 Å². The van der Waals surface area contributed by atoms with Crippen LogP contribution in [-0.2, 0) is 10.0 Å². The number of sulfonamides is 1. The maximum Gasteiger partial charge on any atom is 0.242 e. The average molecular weight is 393 g/mol. The summed E-state index contributed by atoms with van der Waals surface area (Å²) in [6.07, 6.45) is 1.52. The summed E-state index contributed by atoms with van der Waals surface area (Å²) in [4.78, 5) is -0.0775. The molecule has 1 N–H and O–H groups in total. The monoisotopic (exact) mass is 391 g/mol. The molecule has 8 heteroatoms. The van der Waals surface area contributed by atoms with Crippen molar-refractivity contribution in [2.75, 3.05) is 6.54 Å². The first-order valence-electron chi connectivity index (χ1n) is 5.56. The van der Waals surface area contributed by atoms with Gasteiger partial charge in [0.15, 0.2) is 5.82 Å². The first-order chi connectivity index (χ1) is 8.79. The van der Waals surface area contributed by atoms with Crippen LogP contribution in [0.3, 0.4) is 0 Å². The quantitative estimate of drug-likeness (QED) is 0.587. The Hall–Kier alpha value is 0.120. The van der Waals surface area contributed by atoms with Crippen LogP contribution in [0.25, 0.3) is 0 Å². The largest absolute Gasteiger partial charge is 0.242 e. The standard InChI is InChI=1S/C11H13BrCl2FNO2S/c1-2-7(12)5-6-16-19(17,18)9-4-3-8(13)11(15)10(9)14/h3-4,7,16H,2,5-6H2,1H3. The number of benzene rings is 1. The molecule has 0 fully saturated rings. The molecule has 0 spiro atoms. The van der Waals surface area contributed by atoms with Crippen molar-refractivity contribution in [1.82, 2.24) is 4.72 Å². The average Bonchev–Trinajstić information content (AvgIpc) is 2.35. The third-order valence-electron chi connectivity index (χ3n) is 2.48. The summed E-state index contributed by atoms with van der Waals surface area (Å²) in [5.41, 5.74) is 0. The number of hydrogen-bond donors (Lipinski definition) is 1. The molecule has 0 amide bonds. The minimum absolute atomic E-state index is 0.213. The molecular formula is C11H13BrCl2FNO2S. The number of rotatable bonds is 6. The number of halogens is 4. The van der Waals surface area contributed by atoms with Gasteiger partial charge in [0.1, 0.15) is 4.90 Å². The van der Waals surface area contributed by atoms with Gasteiger partial charge in [-0.05, 0) is 25.0 Å². The van der Waals surface area contributed by atoms with Crippen molar-refractivity contribution in [2.45, 2.75) is 29.5 Å². The van der Waals surface area contributed by atoms with Gasteiger partial charge in [0.25, 0.3) is 0 Å². The van der Waals surface area contributed by atoms with Crippen LogP contribution < -0.4 is 4.72 Å². The predicted molar refractivity (Wildman–Crippen MR) is 79.2 cm³/mol. The van der Waals surface area contributed by atoms with Crippen LogP contribution in [0.2, 0.25) is 10.0 Å². The van der Waals surface area contributed by atoms with E-state index < -0.39 is 20.9 Å². The minimum atomic E-state index is -3.84. The van der Waals surface area contributed by atoms with Crippen LogP contribution in [0.1, 0.15) is 19.8 Å². The van der Waals surface area contributed by atoms with Crippen molar-refractivity contribution in [1.29, 1.82) is 0 Å². The Kier molecular flexibility index (Phi) is 6.53. The van der Waals surface area contributed by atoms with E-state index in [2.05, 4.69) is 20.7 Å². The normalized spacial score (nSPS) is 13.5. The van der Waals surface area contributed by atoms with Gasteiger partial charge in [0, 0.05) is 11.4 Å². The zero-order chi connectivity index (χ0) is 14.6. The lowest BCUT2D eigenvalue weighted by molar-refractivity contribution is 0.574. The lowest BCUT2D eigenvalue weighted by Crippen LogP contribution is -2.26. The van der Waals surface area contributed by atoms with Crippen molar-refractivity contribution in [2.24, 2.45) is 0 Å². The van der Waals surface area contributed by atoms with E-state index in [-0.39, 0.29) is 21.3 Å². The third kappa shape index (κ3) is 4.56. The first kappa shape index (κ1) is 17.2. The Morgan fingerprint density at radius 2 is 2.05 bits per heavy atom. The van der Waals surface area contributed by atoms with E-state index in [1.165, 1.54) is 6.07 Å². The molecule has 0 aliphatic rings.